The highest BCUT2D eigenvalue weighted by Gasteiger charge is 2.45. The third-order valence-electron chi connectivity index (χ3n) is 2.95. The van der Waals surface area contributed by atoms with Crippen molar-refractivity contribution in [2.75, 3.05) is 18.6 Å². The molecule has 0 spiro atoms. The smallest absolute Gasteiger partial charge is 0.239 e. The number of hydrogen-bond acceptors (Lipinski definition) is 2. The summed E-state index contributed by atoms with van der Waals surface area (Å²) in [5, 5.41) is 9.31. The van der Waals surface area contributed by atoms with E-state index in [1.165, 1.54) is 0 Å². The molecular formula is C11H13NO2. The van der Waals surface area contributed by atoms with Crippen molar-refractivity contribution < 1.29 is 9.90 Å². The van der Waals surface area contributed by atoms with Crippen molar-refractivity contribution in [3.05, 3.63) is 29.8 Å². The average Bonchev–Trinajstić information content (AvgIpc) is 2.43. The molecule has 0 fully saturated rings. The minimum atomic E-state index is -0.759. The van der Waals surface area contributed by atoms with E-state index >= 15 is 0 Å². The number of aliphatic hydroxyl groups is 1. The van der Waals surface area contributed by atoms with Gasteiger partial charge in [0.2, 0.25) is 5.91 Å². The molecule has 2 rings (SSSR count). The van der Waals surface area contributed by atoms with Crippen LogP contribution in [0.5, 0.6) is 0 Å². The molecule has 1 aliphatic rings. The highest BCUT2D eigenvalue weighted by atomic mass is 16.3. The molecule has 0 saturated heterocycles. The van der Waals surface area contributed by atoms with Crippen molar-refractivity contribution >= 4 is 11.6 Å². The topological polar surface area (TPSA) is 40.5 Å². The van der Waals surface area contributed by atoms with Crippen molar-refractivity contribution in [1.29, 1.82) is 0 Å². The van der Waals surface area contributed by atoms with Gasteiger partial charge in [0.15, 0.2) is 0 Å². The molecule has 14 heavy (non-hydrogen) atoms. The number of para-hydroxylation sites is 1. The quantitative estimate of drug-likeness (QED) is 0.716. The number of aliphatic hydroxyl groups excluding tert-OH is 1. The van der Waals surface area contributed by atoms with E-state index in [2.05, 4.69) is 0 Å². The molecule has 3 heteroatoms. The van der Waals surface area contributed by atoms with E-state index in [1.807, 2.05) is 24.3 Å². The highest BCUT2D eigenvalue weighted by molar-refractivity contribution is 6.07. The number of anilines is 1. The second kappa shape index (κ2) is 2.82. The number of fused-ring (bicyclic) bond motifs is 1. The molecule has 0 radical (unpaired) electrons. The lowest BCUT2D eigenvalue weighted by molar-refractivity contribution is -0.123. The van der Waals surface area contributed by atoms with E-state index in [0.717, 1.165) is 11.3 Å². The fourth-order valence-electron chi connectivity index (χ4n) is 1.98. The Hall–Kier alpha value is -1.35. The number of nitrogens with zero attached hydrogens (tertiary/aromatic N) is 1. The van der Waals surface area contributed by atoms with Crippen LogP contribution in [0.3, 0.4) is 0 Å². The monoisotopic (exact) mass is 191 g/mol. The van der Waals surface area contributed by atoms with Gasteiger partial charge in [-0.1, -0.05) is 18.2 Å². The Kier molecular flexibility index (Phi) is 1.86. The van der Waals surface area contributed by atoms with E-state index in [0.29, 0.717) is 0 Å². The zero-order valence-corrected chi connectivity index (χ0v) is 8.32. The van der Waals surface area contributed by atoms with Gasteiger partial charge in [0, 0.05) is 12.7 Å². The Balaban J connectivity index is 2.65. The standard InChI is InChI=1S/C11H13NO2/c1-11(7-13)8-5-3-4-6-9(8)12(2)10(11)14/h3-6,13H,7H2,1-2H3/t11-/m0/s1. The Labute approximate surface area is 83.0 Å². The molecule has 1 amide bonds. The van der Waals surface area contributed by atoms with Crippen LogP contribution in [-0.4, -0.2) is 24.7 Å². The lowest BCUT2D eigenvalue weighted by atomic mass is 9.85. The van der Waals surface area contributed by atoms with E-state index in [4.69, 9.17) is 0 Å². The fourth-order valence-corrected chi connectivity index (χ4v) is 1.98. The van der Waals surface area contributed by atoms with Crippen molar-refractivity contribution in [1.82, 2.24) is 0 Å². The van der Waals surface area contributed by atoms with Crippen molar-refractivity contribution in [3.8, 4) is 0 Å². The Morgan fingerprint density at radius 3 is 2.71 bits per heavy atom. The zero-order valence-electron chi connectivity index (χ0n) is 8.32. The number of likely N-dealkylation sites (N-methyl/N-ethyl adjacent to an activating group) is 1. The van der Waals surface area contributed by atoms with Crippen LogP contribution in [0.2, 0.25) is 0 Å². The van der Waals surface area contributed by atoms with Gasteiger partial charge in [-0.05, 0) is 18.6 Å². The minimum Gasteiger partial charge on any atom is -0.395 e. The summed E-state index contributed by atoms with van der Waals surface area (Å²) in [4.78, 5) is 13.5. The maximum atomic E-state index is 11.9. The maximum absolute atomic E-state index is 11.9. The van der Waals surface area contributed by atoms with E-state index in [9.17, 15) is 9.90 Å². The molecule has 1 aromatic rings. The van der Waals surface area contributed by atoms with E-state index in [1.54, 1.807) is 18.9 Å². The molecule has 0 saturated carbocycles. The third-order valence-corrected chi connectivity index (χ3v) is 2.95. The predicted molar refractivity (Wildman–Crippen MR) is 54.3 cm³/mol. The minimum absolute atomic E-state index is 0.0406. The van der Waals surface area contributed by atoms with Gasteiger partial charge in [-0.3, -0.25) is 4.79 Å². The van der Waals surface area contributed by atoms with Gasteiger partial charge in [-0.15, -0.1) is 0 Å². The van der Waals surface area contributed by atoms with E-state index in [-0.39, 0.29) is 12.5 Å². The number of hydrogen-bond donors (Lipinski definition) is 1. The van der Waals surface area contributed by atoms with Gasteiger partial charge in [-0.25, -0.2) is 0 Å². The van der Waals surface area contributed by atoms with Crippen LogP contribution in [0.25, 0.3) is 0 Å². The summed E-state index contributed by atoms with van der Waals surface area (Å²) >= 11 is 0. The molecule has 74 valence electrons. The van der Waals surface area contributed by atoms with Gasteiger partial charge < -0.3 is 10.0 Å². The van der Waals surface area contributed by atoms with Crippen LogP contribution in [0.4, 0.5) is 5.69 Å². The van der Waals surface area contributed by atoms with Crippen LogP contribution < -0.4 is 4.90 Å². The van der Waals surface area contributed by atoms with Gasteiger partial charge >= 0.3 is 0 Å². The molecule has 0 aromatic heterocycles. The number of carbonyl (C=O) groups excluding carboxylic acids is 1. The van der Waals surface area contributed by atoms with Crippen molar-refractivity contribution in [2.45, 2.75) is 12.3 Å². The Bertz CT molecular complexity index is 389. The predicted octanol–water partition coefficient (Wildman–Crippen LogP) is 0.913. The first kappa shape index (κ1) is 9.21. The summed E-state index contributed by atoms with van der Waals surface area (Å²) in [6.45, 7) is 1.63. The zero-order chi connectivity index (χ0) is 10.3. The molecule has 1 heterocycles. The number of carbonyl (C=O) groups is 1. The molecule has 0 aliphatic carbocycles. The summed E-state index contributed by atoms with van der Waals surface area (Å²) in [7, 11) is 1.74. The molecule has 3 nitrogen and oxygen atoms in total. The van der Waals surface area contributed by atoms with Crippen LogP contribution in [-0.2, 0) is 10.2 Å². The molecule has 1 atom stereocenters. The first-order valence-electron chi connectivity index (χ1n) is 4.60. The lowest BCUT2D eigenvalue weighted by Crippen LogP contribution is -2.38. The van der Waals surface area contributed by atoms with E-state index < -0.39 is 5.41 Å². The molecule has 1 aromatic carbocycles. The van der Waals surface area contributed by atoms with Gasteiger partial charge in [-0.2, -0.15) is 0 Å². The van der Waals surface area contributed by atoms with Crippen LogP contribution in [0.1, 0.15) is 12.5 Å². The van der Waals surface area contributed by atoms with Gasteiger partial charge in [0.05, 0.1) is 12.0 Å². The second-order valence-corrected chi connectivity index (χ2v) is 3.87. The van der Waals surface area contributed by atoms with Crippen LogP contribution >= 0.6 is 0 Å². The highest BCUT2D eigenvalue weighted by Crippen LogP contribution is 2.40. The molecule has 1 N–H and O–H groups in total. The van der Waals surface area contributed by atoms with Crippen LogP contribution in [0, 0.1) is 0 Å². The summed E-state index contributed by atoms with van der Waals surface area (Å²) in [6.07, 6.45) is 0. The fraction of sp³-hybridized carbons (Fsp3) is 0.364. The van der Waals surface area contributed by atoms with Crippen molar-refractivity contribution in [3.63, 3.8) is 0 Å². The number of benzene rings is 1. The third kappa shape index (κ3) is 0.930. The molecule has 0 bridgehead atoms. The number of rotatable bonds is 1. The van der Waals surface area contributed by atoms with Gasteiger partial charge in [0.25, 0.3) is 0 Å². The second-order valence-electron chi connectivity index (χ2n) is 3.87. The lowest BCUT2D eigenvalue weighted by Gasteiger charge is -2.19. The summed E-state index contributed by atoms with van der Waals surface area (Å²) in [5.74, 6) is -0.0406. The molecule has 1 aliphatic heterocycles. The largest absolute Gasteiger partial charge is 0.395 e. The summed E-state index contributed by atoms with van der Waals surface area (Å²) in [5.41, 5.74) is 1.05. The van der Waals surface area contributed by atoms with Crippen LogP contribution in [0.15, 0.2) is 24.3 Å². The number of amides is 1. The van der Waals surface area contributed by atoms with Crippen molar-refractivity contribution in [2.24, 2.45) is 0 Å². The molecular weight excluding hydrogens is 178 g/mol. The Morgan fingerprint density at radius 2 is 2.07 bits per heavy atom. The SMILES string of the molecule is CN1C(=O)[C@@](C)(CO)c2ccccc21. The summed E-state index contributed by atoms with van der Waals surface area (Å²) < 4.78 is 0. The maximum Gasteiger partial charge on any atom is 0.239 e. The van der Waals surface area contributed by atoms with Gasteiger partial charge in [0.1, 0.15) is 0 Å². The normalized spacial score (nSPS) is 25.4. The first-order chi connectivity index (χ1) is 6.61. The Morgan fingerprint density at radius 1 is 1.43 bits per heavy atom. The molecule has 0 unspecified atom stereocenters. The summed E-state index contributed by atoms with van der Waals surface area (Å²) in [6, 6.07) is 7.58. The first-order valence-corrected chi connectivity index (χ1v) is 4.60. The average molecular weight is 191 g/mol.